The van der Waals surface area contributed by atoms with Crippen molar-refractivity contribution in [2.24, 2.45) is 0 Å². The molecule has 0 fully saturated rings. The minimum atomic E-state index is -1.59. The molecule has 0 rings (SSSR count). The Morgan fingerprint density at radius 2 is 1.75 bits per heavy atom. The second kappa shape index (κ2) is 4.83. The maximum absolute atomic E-state index is 9.67. The van der Waals surface area contributed by atoms with E-state index in [0.717, 1.165) is 0 Å². The first-order chi connectivity index (χ1) is 5.60. The van der Waals surface area contributed by atoms with E-state index in [9.17, 15) is 10.1 Å². The van der Waals surface area contributed by atoms with E-state index in [-0.39, 0.29) is 0 Å². The fraction of sp³-hybridized carbons (Fsp3) is 1.00. The van der Waals surface area contributed by atoms with Crippen molar-refractivity contribution in [3.05, 3.63) is 10.1 Å². The average Bonchev–Trinajstić information content (AvgIpc) is 2.08. The molecule has 0 aromatic heterocycles. The van der Waals surface area contributed by atoms with Crippen LogP contribution in [0, 0.1) is 10.1 Å². The summed E-state index contributed by atoms with van der Waals surface area (Å²) in [6.07, 6.45) is 0. The van der Waals surface area contributed by atoms with Crippen molar-refractivity contribution in [2.45, 2.75) is 5.54 Å². The van der Waals surface area contributed by atoms with Crippen LogP contribution in [0.1, 0.15) is 0 Å². The van der Waals surface area contributed by atoms with Crippen molar-refractivity contribution < 1.29 is 25.3 Å². The molecule has 0 saturated carbocycles. The van der Waals surface area contributed by atoms with Crippen LogP contribution in [0.2, 0.25) is 0 Å². The highest BCUT2D eigenvalue weighted by Crippen LogP contribution is 2.00. The van der Waals surface area contributed by atoms with E-state index in [1.54, 1.807) is 5.48 Å². The Labute approximate surface area is 67.4 Å². The van der Waals surface area contributed by atoms with E-state index in [0.29, 0.717) is 0 Å². The van der Waals surface area contributed by atoms with Gasteiger partial charge in [-0.15, -0.1) is 15.6 Å². The van der Waals surface area contributed by atoms with Crippen LogP contribution in [0.5, 0.6) is 0 Å². The van der Waals surface area contributed by atoms with Gasteiger partial charge in [-0.05, 0) is 0 Å². The molecule has 72 valence electrons. The van der Waals surface area contributed by atoms with Crippen LogP contribution >= 0.6 is 0 Å². The Balaban J connectivity index is 4.01. The summed E-state index contributed by atoms with van der Waals surface area (Å²) in [7, 11) is 0. The lowest BCUT2D eigenvalue weighted by atomic mass is 10.1. The number of aliphatic hydroxyl groups is 3. The molecular formula is C4H10N2O6. The van der Waals surface area contributed by atoms with Crippen molar-refractivity contribution in [1.29, 1.82) is 0 Å². The Hall–Kier alpha value is -0.960. The van der Waals surface area contributed by atoms with Gasteiger partial charge in [-0.1, -0.05) is 0 Å². The quantitative estimate of drug-likeness (QED) is 0.262. The molecule has 12 heavy (non-hydrogen) atoms. The zero-order valence-corrected chi connectivity index (χ0v) is 6.13. The second-order valence-corrected chi connectivity index (χ2v) is 2.17. The fourth-order valence-corrected chi connectivity index (χ4v) is 0.381. The molecular weight excluding hydrogens is 172 g/mol. The van der Waals surface area contributed by atoms with E-state index >= 15 is 0 Å². The highest BCUT2D eigenvalue weighted by atomic mass is 17.0. The monoisotopic (exact) mass is 182 g/mol. The summed E-state index contributed by atoms with van der Waals surface area (Å²) >= 11 is 0. The van der Waals surface area contributed by atoms with Crippen LogP contribution in [0.3, 0.4) is 0 Å². The van der Waals surface area contributed by atoms with Gasteiger partial charge in [-0.2, -0.15) is 0 Å². The molecule has 0 amide bonds. The zero-order chi connectivity index (χ0) is 9.61. The van der Waals surface area contributed by atoms with Crippen LogP contribution in [-0.2, 0) is 4.94 Å². The molecule has 8 nitrogen and oxygen atoms in total. The molecule has 0 spiro atoms. The molecule has 0 unspecified atom stereocenters. The van der Waals surface area contributed by atoms with Gasteiger partial charge in [-0.25, -0.2) is 4.94 Å². The van der Waals surface area contributed by atoms with Crippen LogP contribution in [0.15, 0.2) is 0 Å². The second-order valence-electron chi connectivity index (χ2n) is 2.17. The van der Waals surface area contributed by atoms with E-state index in [4.69, 9.17) is 15.3 Å². The van der Waals surface area contributed by atoms with Crippen LogP contribution in [0.25, 0.3) is 0 Å². The molecule has 0 aliphatic heterocycles. The standard InChI is InChI=1S/C4H10N2O6/c7-1-4(2-8,3-9)5-12-6(10)11/h5,7-9H,1-3H2. The minimum absolute atomic E-state index is 0.687. The van der Waals surface area contributed by atoms with Crippen molar-refractivity contribution in [1.82, 2.24) is 5.48 Å². The van der Waals surface area contributed by atoms with Gasteiger partial charge in [0, 0.05) is 0 Å². The lowest BCUT2D eigenvalue weighted by molar-refractivity contribution is -0.780. The average molecular weight is 182 g/mol. The number of nitrogens with one attached hydrogen (secondary N) is 1. The molecule has 0 heterocycles. The topological polar surface area (TPSA) is 125 Å². The summed E-state index contributed by atoms with van der Waals surface area (Å²) < 4.78 is 0. The summed E-state index contributed by atoms with van der Waals surface area (Å²) in [5, 5.41) is 34.3. The molecule has 8 heteroatoms. The summed E-state index contributed by atoms with van der Waals surface area (Å²) in [6, 6.07) is 0. The number of hydrogen-bond acceptors (Lipinski definition) is 7. The van der Waals surface area contributed by atoms with Gasteiger partial charge in [0.2, 0.25) is 0 Å². The summed E-state index contributed by atoms with van der Waals surface area (Å²) in [6.45, 7) is -2.06. The zero-order valence-electron chi connectivity index (χ0n) is 6.13. The third-order valence-electron chi connectivity index (χ3n) is 1.24. The molecule has 0 aliphatic rings. The molecule has 0 atom stereocenters. The highest BCUT2D eigenvalue weighted by molar-refractivity contribution is 4.82. The number of hydroxylamine groups is 1. The van der Waals surface area contributed by atoms with Crippen LogP contribution < -0.4 is 5.48 Å². The predicted molar refractivity (Wildman–Crippen MR) is 35.2 cm³/mol. The van der Waals surface area contributed by atoms with E-state index in [2.05, 4.69) is 4.94 Å². The number of rotatable bonds is 6. The molecule has 0 bridgehead atoms. The molecule has 0 aliphatic carbocycles. The van der Waals surface area contributed by atoms with Crippen molar-refractivity contribution in [2.75, 3.05) is 19.8 Å². The van der Waals surface area contributed by atoms with Gasteiger partial charge >= 0.3 is 5.09 Å². The number of nitrogens with zero attached hydrogens (tertiary/aromatic N) is 1. The van der Waals surface area contributed by atoms with Crippen molar-refractivity contribution in [3.8, 4) is 0 Å². The van der Waals surface area contributed by atoms with Gasteiger partial charge in [-0.3, -0.25) is 0 Å². The van der Waals surface area contributed by atoms with Crippen LogP contribution in [-0.4, -0.2) is 45.8 Å². The molecule has 0 radical (unpaired) electrons. The first-order valence-corrected chi connectivity index (χ1v) is 3.01. The smallest absolute Gasteiger partial charge is 0.311 e. The summed E-state index contributed by atoms with van der Waals surface area (Å²) in [4.78, 5) is 13.3. The number of hydrogen-bond donors (Lipinski definition) is 4. The predicted octanol–water partition coefficient (Wildman–Crippen LogP) is -2.59. The molecule has 4 N–H and O–H groups in total. The molecule has 0 aromatic rings. The SMILES string of the molecule is O=[N+]([O-])ONC(CO)(CO)CO. The van der Waals surface area contributed by atoms with Gasteiger partial charge < -0.3 is 15.3 Å². The van der Waals surface area contributed by atoms with Gasteiger partial charge in [0.25, 0.3) is 0 Å². The third-order valence-corrected chi connectivity index (χ3v) is 1.24. The normalized spacial score (nSPS) is 11.2. The molecule has 0 aromatic carbocycles. The Kier molecular flexibility index (Phi) is 4.44. The summed E-state index contributed by atoms with van der Waals surface area (Å²) in [5.41, 5.74) is 0.142. The lowest BCUT2D eigenvalue weighted by Crippen LogP contribution is -2.55. The largest absolute Gasteiger partial charge is 0.394 e. The summed E-state index contributed by atoms with van der Waals surface area (Å²) in [5.74, 6) is 0. The van der Waals surface area contributed by atoms with E-state index in [1.165, 1.54) is 0 Å². The number of aliphatic hydroxyl groups excluding tert-OH is 3. The van der Waals surface area contributed by atoms with E-state index < -0.39 is 30.4 Å². The van der Waals surface area contributed by atoms with Gasteiger partial charge in [0.15, 0.2) is 0 Å². The Morgan fingerprint density at radius 3 is 2.00 bits per heavy atom. The minimum Gasteiger partial charge on any atom is -0.394 e. The van der Waals surface area contributed by atoms with Crippen molar-refractivity contribution in [3.63, 3.8) is 0 Å². The van der Waals surface area contributed by atoms with Crippen LogP contribution in [0.4, 0.5) is 0 Å². The highest BCUT2D eigenvalue weighted by Gasteiger charge is 2.29. The first-order valence-electron chi connectivity index (χ1n) is 3.01. The van der Waals surface area contributed by atoms with E-state index in [1.807, 2.05) is 0 Å². The van der Waals surface area contributed by atoms with Gasteiger partial charge in [0.05, 0.1) is 19.8 Å². The maximum atomic E-state index is 9.67. The third kappa shape index (κ3) is 2.96. The van der Waals surface area contributed by atoms with Crippen molar-refractivity contribution >= 4 is 0 Å². The first kappa shape index (κ1) is 11.0. The Morgan fingerprint density at radius 1 is 1.33 bits per heavy atom. The van der Waals surface area contributed by atoms with Gasteiger partial charge in [0.1, 0.15) is 5.54 Å². The fourth-order valence-electron chi connectivity index (χ4n) is 0.381. The lowest BCUT2D eigenvalue weighted by Gasteiger charge is -2.26. The Bertz CT molecular complexity index is 138. The molecule has 0 saturated heterocycles. The maximum Gasteiger partial charge on any atom is 0.311 e.